The van der Waals surface area contributed by atoms with Gasteiger partial charge in [-0.2, -0.15) is 0 Å². The summed E-state index contributed by atoms with van der Waals surface area (Å²) >= 11 is 1.61. The van der Waals surface area contributed by atoms with E-state index in [0.717, 1.165) is 22.0 Å². The lowest BCUT2D eigenvalue weighted by molar-refractivity contribution is -0.140. The van der Waals surface area contributed by atoms with E-state index in [4.69, 9.17) is 4.98 Å². The Morgan fingerprint density at radius 2 is 1.47 bits per heavy atom. The molecule has 0 aliphatic carbocycles. The van der Waals surface area contributed by atoms with E-state index in [1.54, 1.807) is 37.3 Å². The van der Waals surface area contributed by atoms with Gasteiger partial charge in [-0.05, 0) is 29.2 Å². The highest BCUT2D eigenvalue weighted by molar-refractivity contribution is 7.14. The Bertz CT molecular complexity index is 1290. The van der Waals surface area contributed by atoms with Gasteiger partial charge in [0.25, 0.3) is 5.91 Å². The van der Waals surface area contributed by atoms with Crippen LogP contribution in [0.4, 0.5) is 5.13 Å². The maximum absolute atomic E-state index is 12.6. The number of amides is 1. The van der Waals surface area contributed by atoms with Crippen molar-refractivity contribution in [2.75, 3.05) is 4.90 Å². The average Bonchev–Trinajstić information content (AvgIpc) is 3.38. The number of carboxylic acids is 1. The summed E-state index contributed by atoms with van der Waals surface area (Å²) in [6.07, 6.45) is 0. The lowest BCUT2D eigenvalue weighted by Gasteiger charge is -2.22. The summed E-state index contributed by atoms with van der Waals surface area (Å²) in [5.41, 5.74) is 4.66. The van der Waals surface area contributed by atoms with Gasteiger partial charge in [0.05, 0.1) is 5.69 Å². The second-order valence-electron chi connectivity index (χ2n) is 8.95. The number of carbonyl (C=O) groups is 2. The molecular formula is C29H29N3O3S. The first kappa shape index (κ1) is 25.1. The number of aliphatic carboxylic acids is 1. The van der Waals surface area contributed by atoms with Crippen molar-refractivity contribution in [1.29, 1.82) is 0 Å². The van der Waals surface area contributed by atoms with Crippen LogP contribution >= 0.6 is 11.3 Å². The Labute approximate surface area is 215 Å². The molecule has 184 valence electrons. The molecule has 0 aliphatic heterocycles. The zero-order valence-corrected chi connectivity index (χ0v) is 21.1. The van der Waals surface area contributed by atoms with Gasteiger partial charge in [-0.25, -0.2) is 9.78 Å². The SMILES string of the molecule is CC(C)C(NC(=O)c1ccc(CN(Cc2ccccc2)c2nc(-c3ccccc3)cs2)cc1)C(=O)O. The molecule has 0 radical (unpaired) electrons. The fraction of sp³-hybridized carbons (Fsp3) is 0.207. The Morgan fingerprint density at radius 1 is 0.889 bits per heavy atom. The van der Waals surface area contributed by atoms with Crippen molar-refractivity contribution in [2.45, 2.75) is 33.0 Å². The Kier molecular flexibility index (Phi) is 8.13. The standard InChI is InChI=1S/C29H29N3O3S/c1-20(2)26(28(34)35)31-27(33)24-15-13-22(14-16-24)18-32(17-21-9-5-3-6-10-21)29-30-25(19-36-29)23-11-7-4-8-12-23/h3-16,19-20,26H,17-18H2,1-2H3,(H,31,33)(H,34,35). The van der Waals surface area contributed by atoms with Gasteiger partial charge in [-0.3, -0.25) is 4.79 Å². The maximum atomic E-state index is 12.6. The summed E-state index contributed by atoms with van der Waals surface area (Å²) in [7, 11) is 0. The van der Waals surface area contributed by atoms with E-state index < -0.39 is 17.9 Å². The van der Waals surface area contributed by atoms with E-state index in [0.29, 0.717) is 18.7 Å². The summed E-state index contributed by atoms with van der Waals surface area (Å²) in [4.78, 5) is 31.2. The fourth-order valence-corrected chi connectivity index (χ4v) is 4.70. The molecule has 1 heterocycles. The molecule has 0 spiro atoms. The van der Waals surface area contributed by atoms with Crippen LogP contribution in [0.1, 0.15) is 35.3 Å². The minimum Gasteiger partial charge on any atom is -0.480 e. The summed E-state index contributed by atoms with van der Waals surface area (Å²) in [5, 5.41) is 15.0. The predicted octanol–water partition coefficient (Wildman–Crippen LogP) is 5.86. The van der Waals surface area contributed by atoms with Crippen molar-refractivity contribution >= 4 is 28.3 Å². The molecule has 0 aliphatic rings. The van der Waals surface area contributed by atoms with E-state index in [2.05, 4.69) is 39.9 Å². The topological polar surface area (TPSA) is 82.5 Å². The molecule has 4 rings (SSSR count). The molecular weight excluding hydrogens is 470 g/mol. The number of nitrogens with one attached hydrogen (secondary N) is 1. The van der Waals surface area contributed by atoms with Crippen LogP contribution in [0.3, 0.4) is 0 Å². The molecule has 0 saturated heterocycles. The van der Waals surface area contributed by atoms with Crippen molar-refractivity contribution in [2.24, 2.45) is 5.92 Å². The van der Waals surface area contributed by atoms with Gasteiger partial charge >= 0.3 is 5.97 Å². The smallest absolute Gasteiger partial charge is 0.326 e. The number of thiazole rings is 1. The first-order valence-corrected chi connectivity index (χ1v) is 12.7. The summed E-state index contributed by atoms with van der Waals surface area (Å²) < 4.78 is 0. The maximum Gasteiger partial charge on any atom is 0.326 e. The normalized spacial score (nSPS) is 11.8. The summed E-state index contributed by atoms with van der Waals surface area (Å²) in [6, 6.07) is 26.7. The fourth-order valence-electron chi connectivity index (χ4n) is 3.87. The number of aromatic nitrogens is 1. The van der Waals surface area contributed by atoms with Crippen LogP contribution in [-0.4, -0.2) is 28.0 Å². The van der Waals surface area contributed by atoms with Gasteiger partial charge in [0.1, 0.15) is 6.04 Å². The van der Waals surface area contributed by atoms with Crippen LogP contribution in [0.2, 0.25) is 0 Å². The number of carbonyl (C=O) groups excluding carboxylic acids is 1. The van der Waals surface area contributed by atoms with Crippen LogP contribution in [0, 0.1) is 5.92 Å². The summed E-state index contributed by atoms with van der Waals surface area (Å²) in [6.45, 7) is 4.85. The molecule has 2 N–H and O–H groups in total. The highest BCUT2D eigenvalue weighted by Gasteiger charge is 2.24. The quantitative estimate of drug-likeness (QED) is 0.286. The Hall–Kier alpha value is -3.97. The van der Waals surface area contributed by atoms with Crippen molar-refractivity contribution in [3.8, 4) is 11.3 Å². The van der Waals surface area contributed by atoms with Crippen LogP contribution in [0.15, 0.2) is 90.3 Å². The van der Waals surface area contributed by atoms with Gasteiger partial charge < -0.3 is 15.3 Å². The van der Waals surface area contributed by atoms with Gasteiger partial charge in [0, 0.05) is 29.6 Å². The molecule has 1 aromatic heterocycles. The van der Waals surface area contributed by atoms with Crippen molar-refractivity contribution < 1.29 is 14.7 Å². The molecule has 1 unspecified atom stereocenters. The number of carboxylic acid groups (broad SMARTS) is 1. The zero-order chi connectivity index (χ0) is 25.5. The van der Waals surface area contributed by atoms with Gasteiger partial charge in [-0.1, -0.05) is 86.6 Å². The number of nitrogens with zero attached hydrogens (tertiary/aromatic N) is 2. The Balaban J connectivity index is 1.53. The van der Waals surface area contributed by atoms with Crippen LogP contribution in [0.5, 0.6) is 0 Å². The third kappa shape index (κ3) is 6.37. The predicted molar refractivity (Wildman–Crippen MR) is 144 cm³/mol. The Morgan fingerprint density at radius 3 is 2.06 bits per heavy atom. The van der Waals surface area contributed by atoms with Crippen molar-refractivity contribution in [3.63, 3.8) is 0 Å². The van der Waals surface area contributed by atoms with Crippen molar-refractivity contribution in [1.82, 2.24) is 10.3 Å². The number of hydrogen-bond donors (Lipinski definition) is 2. The third-order valence-corrected chi connectivity index (χ3v) is 6.76. The number of benzene rings is 3. The average molecular weight is 500 g/mol. The minimum atomic E-state index is -1.04. The molecule has 0 saturated carbocycles. The first-order chi connectivity index (χ1) is 17.4. The molecule has 1 amide bonds. The molecule has 7 heteroatoms. The van der Waals surface area contributed by atoms with E-state index in [1.807, 2.05) is 48.5 Å². The van der Waals surface area contributed by atoms with Crippen LogP contribution < -0.4 is 10.2 Å². The summed E-state index contributed by atoms with van der Waals surface area (Å²) in [5.74, 6) is -1.64. The number of anilines is 1. The van der Waals surface area contributed by atoms with Crippen molar-refractivity contribution in [3.05, 3.63) is 107 Å². The van der Waals surface area contributed by atoms with E-state index in [-0.39, 0.29) is 5.92 Å². The van der Waals surface area contributed by atoms with E-state index in [9.17, 15) is 14.7 Å². The van der Waals surface area contributed by atoms with Gasteiger partial charge in [0.2, 0.25) is 0 Å². The lowest BCUT2D eigenvalue weighted by atomic mass is 10.0. The molecule has 6 nitrogen and oxygen atoms in total. The molecule has 0 bridgehead atoms. The van der Waals surface area contributed by atoms with Gasteiger partial charge in [0.15, 0.2) is 5.13 Å². The molecule has 4 aromatic rings. The lowest BCUT2D eigenvalue weighted by Crippen LogP contribution is -2.44. The second-order valence-corrected chi connectivity index (χ2v) is 9.79. The highest BCUT2D eigenvalue weighted by atomic mass is 32.1. The first-order valence-electron chi connectivity index (χ1n) is 11.8. The number of rotatable bonds is 10. The minimum absolute atomic E-state index is 0.212. The van der Waals surface area contributed by atoms with E-state index in [1.165, 1.54) is 5.56 Å². The largest absolute Gasteiger partial charge is 0.480 e. The molecule has 1 atom stereocenters. The highest BCUT2D eigenvalue weighted by Crippen LogP contribution is 2.29. The van der Waals surface area contributed by atoms with Crippen LogP contribution in [0.25, 0.3) is 11.3 Å². The van der Waals surface area contributed by atoms with Gasteiger partial charge in [-0.15, -0.1) is 11.3 Å². The molecule has 0 fully saturated rings. The molecule has 3 aromatic carbocycles. The molecule has 36 heavy (non-hydrogen) atoms. The second kappa shape index (κ2) is 11.6. The van der Waals surface area contributed by atoms with E-state index >= 15 is 0 Å². The number of hydrogen-bond acceptors (Lipinski definition) is 5. The third-order valence-electron chi connectivity index (χ3n) is 5.86. The zero-order valence-electron chi connectivity index (χ0n) is 20.3. The monoisotopic (exact) mass is 499 g/mol. The van der Waals surface area contributed by atoms with Crippen LogP contribution in [-0.2, 0) is 17.9 Å².